The zero-order valence-electron chi connectivity index (χ0n) is 10.9. The van der Waals surface area contributed by atoms with Crippen LogP contribution >= 0.6 is 0 Å². The maximum Gasteiger partial charge on any atom is 0.239 e. The highest BCUT2D eigenvalue weighted by atomic mass is 16.2. The number of nitrogens with zero attached hydrogens (tertiary/aromatic N) is 2. The van der Waals surface area contributed by atoms with E-state index in [4.69, 9.17) is 5.73 Å². The summed E-state index contributed by atoms with van der Waals surface area (Å²) < 4.78 is 0. The fourth-order valence-electron chi connectivity index (χ4n) is 2.46. The third-order valence-corrected chi connectivity index (χ3v) is 3.68. The molecule has 2 N–H and O–H groups in total. The van der Waals surface area contributed by atoms with Gasteiger partial charge < -0.3 is 15.5 Å². The van der Waals surface area contributed by atoms with Gasteiger partial charge in [0.25, 0.3) is 0 Å². The van der Waals surface area contributed by atoms with E-state index >= 15 is 0 Å². The van der Waals surface area contributed by atoms with Crippen LogP contribution in [0.1, 0.15) is 32.6 Å². The van der Waals surface area contributed by atoms with Gasteiger partial charge in [0, 0.05) is 19.1 Å². The number of hydrogen-bond donors (Lipinski definition) is 1. The number of hydrogen-bond acceptors (Lipinski definition) is 3. The summed E-state index contributed by atoms with van der Waals surface area (Å²) in [6, 6.07) is 0.682. The topological polar surface area (TPSA) is 49.6 Å². The molecule has 0 unspecified atom stereocenters. The lowest BCUT2D eigenvalue weighted by atomic mass is 9.89. The molecule has 16 heavy (non-hydrogen) atoms. The zero-order chi connectivity index (χ0) is 12.3. The van der Waals surface area contributed by atoms with Crippen molar-refractivity contribution < 1.29 is 4.79 Å². The van der Waals surface area contributed by atoms with Crippen molar-refractivity contribution in [3.8, 4) is 0 Å². The molecule has 94 valence electrons. The lowest BCUT2D eigenvalue weighted by Gasteiger charge is -2.37. The SMILES string of the molecule is C[C@H](N)C(=O)N(C)C1CCC(N(C)C)CC1. The molecule has 4 heteroatoms. The predicted octanol–water partition coefficient (Wildman–Crippen LogP) is 0.665. The molecule has 0 aromatic heterocycles. The maximum absolute atomic E-state index is 11.7. The summed E-state index contributed by atoms with van der Waals surface area (Å²) in [5.74, 6) is 0.0632. The highest BCUT2D eigenvalue weighted by Crippen LogP contribution is 2.24. The van der Waals surface area contributed by atoms with Crippen LogP contribution in [0.2, 0.25) is 0 Å². The Hall–Kier alpha value is -0.610. The maximum atomic E-state index is 11.7. The van der Waals surface area contributed by atoms with E-state index < -0.39 is 0 Å². The van der Waals surface area contributed by atoms with E-state index in [2.05, 4.69) is 19.0 Å². The molecule has 1 atom stereocenters. The highest BCUT2D eigenvalue weighted by Gasteiger charge is 2.28. The van der Waals surface area contributed by atoms with Gasteiger partial charge in [0.1, 0.15) is 0 Å². The van der Waals surface area contributed by atoms with Gasteiger partial charge >= 0.3 is 0 Å². The molecule has 1 fully saturated rings. The molecule has 0 spiro atoms. The van der Waals surface area contributed by atoms with Crippen LogP contribution in [-0.2, 0) is 4.79 Å². The summed E-state index contributed by atoms with van der Waals surface area (Å²) in [6.45, 7) is 1.75. The lowest BCUT2D eigenvalue weighted by Crippen LogP contribution is -2.47. The zero-order valence-corrected chi connectivity index (χ0v) is 10.9. The minimum Gasteiger partial charge on any atom is -0.341 e. The van der Waals surface area contributed by atoms with E-state index in [0.717, 1.165) is 12.8 Å². The quantitative estimate of drug-likeness (QED) is 0.771. The molecule has 0 aromatic rings. The van der Waals surface area contributed by atoms with E-state index in [0.29, 0.717) is 12.1 Å². The first-order valence-corrected chi connectivity index (χ1v) is 6.12. The summed E-state index contributed by atoms with van der Waals surface area (Å²) in [7, 11) is 6.13. The van der Waals surface area contributed by atoms with E-state index in [1.807, 2.05) is 11.9 Å². The Morgan fingerprint density at radius 2 is 1.56 bits per heavy atom. The molecule has 0 heterocycles. The van der Waals surface area contributed by atoms with Crippen LogP contribution in [-0.4, -0.2) is 55.0 Å². The van der Waals surface area contributed by atoms with Crippen molar-refractivity contribution in [3.05, 3.63) is 0 Å². The molecule has 0 aliphatic heterocycles. The van der Waals surface area contributed by atoms with E-state index in [-0.39, 0.29) is 11.9 Å². The molecule has 0 saturated heterocycles. The molecular weight excluding hydrogens is 202 g/mol. The normalized spacial score (nSPS) is 27.9. The molecule has 1 rings (SSSR count). The molecule has 0 bridgehead atoms. The molecule has 0 radical (unpaired) electrons. The van der Waals surface area contributed by atoms with Crippen molar-refractivity contribution in [1.82, 2.24) is 9.80 Å². The Morgan fingerprint density at radius 3 is 1.94 bits per heavy atom. The predicted molar refractivity (Wildman–Crippen MR) is 66.2 cm³/mol. The Morgan fingerprint density at radius 1 is 1.12 bits per heavy atom. The summed E-state index contributed by atoms with van der Waals surface area (Å²) >= 11 is 0. The Balaban J connectivity index is 2.44. The standard InChI is InChI=1S/C12H25N3O/c1-9(13)12(16)15(4)11-7-5-10(6-8-11)14(2)3/h9-11H,5-8,13H2,1-4H3/t9-,10?,11?/m0/s1. The molecule has 1 aliphatic carbocycles. The van der Waals surface area contributed by atoms with Crippen LogP contribution in [0, 0.1) is 0 Å². The van der Waals surface area contributed by atoms with Gasteiger partial charge in [-0.2, -0.15) is 0 Å². The summed E-state index contributed by atoms with van der Waals surface area (Å²) in [6.07, 6.45) is 4.54. The summed E-state index contributed by atoms with van der Waals surface area (Å²) in [5, 5.41) is 0. The third kappa shape index (κ3) is 3.19. The van der Waals surface area contributed by atoms with Crippen molar-refractivity contribution >= 4 is 5.91 Å². The van der Waals surface area contributed by atoms with E-state index in [1.54, 1.807) is 6.92 Å². The minimum absolute atomic E-state index is 0.0632. The number of carbonyl (C=O) groups excluding carboxylic acids is 1. The number of nitrogens with two attached hydrogens (primary N) is 1. The Bertz CT molecular complexity index is 232. The molecule has 1 amide bonds. The van der Waals surface area contributed by atoms with Crippen LogP contribution in [0.3, 0.4) is 0 Å². The second kappa shape index (κ2) is 5.64. The minimum atomic E-state index is -0.378. The first-order chi connectivity index (χ1) is 7.43. The monoisotopic (exact) mass is 227 g/mol. The molecule has 4 nitrogen and oxygen atoms in total. The Kier molecular flexibility index (Phi) is 4.74. The van der Waals surface area contributed by atoms with Gasteiger partial charge in [-0.05, 0) is 46.7 Å². The largest absolute Gasteiger partial charge is 0.341 e. The summed E-state index contributed by atoms with van der Waals surface area (Å²) in [5.41, 5.74) is 5.62. The van der Waals surface area contributed by atoms with Crippen molar-refractivity contribution in [1.29, 1.82) is 0 Å². The van der Waals surface area contributed by atoms with Crippen molar-refractivity contribution in [2.24, 2.45) is 5.73 Å². The Labute approximate surface area is 98.8 Å². The first-order valence-electron chi connectivity index (χ1n) is 6.12. The number of amides is 1. The van der Waals surface area contributed by atoms with E-state index in [1.165, 1.54) is 12.8 Å². The fraction of sp³-hybridized carbons (Fsp3) is 0.917. The molecule has 1 aliphatic rings. The van der Waals surface area contributed by atoms with Gasteiger partial charge in [0.2, 0.25) is 5.91 Å². The molecule has 1 saturated carbocycles. The average Bonchev–Trinajstić information content (AvgIpc) is 2.27. The average molecular weight is 227 g/mol. The number of rotatable bonds is 3. The van der Waals surface area contributed by atoms with E-state index in [9.17, 15) is 4.79 Å². The molecular formula is C12H25N3O. The third-order valence-electron chi connectivity index (χ3n) is 3.68. The van der Waals surface area contributed by atoms with Gasteiger partial charge in [-0.3, -0.25) is 4.79 Å². The summed E-state index contributed by atoms with van der Waals surface area (Å²) in [4.78, 5) is 15.9. The second-order valence-electron chi connectivity index (χ2n) is 5.16. The van der Waals surface area contributed by atoms with Gasteiger partial charge in [0.15, 0.2) is 0 Å². The van der Waals surface area contributed by atoms with Crippen molar-refractivity contribution in [2.75, 3.05) is 21.1 Å². The second-order valence-corrected chi connectivity index (χ2v) is 5.16. The number of carbonyl (C=O) groups is 1. The van der Waals surface area contributed by atoms with Crippen molar-refractivity contribution in [3.63, 3.8) is 0 Å². The van der Waals surface area contributed by atoms with Gasteiger partial charge in [0.05, 0.1) is 6.04 Å². The van der Waals surface area contributed by atoms with Crippen LogP contribution in [0.25, 0.3) is 0 Å². The van der Waals surface area contributed by atoms with Gasteiger partial charge in [-0.1, -0.05) is 0 Å². The van der Waals surface area contributed by atoms with Crippen LogP contribution in [0.4, 0.5) is 0 Å². The van der Waals surface area contributed by atoms with Gasteiger partial charge in [-0.15, -0.1) is 0 Å². The van der Waals surface area contributed by atoms with Crippen LogP contribution < -0.4 is 5.73 Å². The fourth-order valence-corrected chi connectivity index (χ4v) is 2.46. The van der Waals surface area contributed by atoms with Gasteiger partial charge in [-0.25, -0.2) is 0 Å². The van der Waals surface area contributed by atoms with Crippen LogP contribution in [0.5, 0.6) is 0 Å². The molecule has 0 aromatic carbocycles. The number of likely N-dealkylation sites (N-methyl/N-ethyl adjacent to an activating group) is 1. The smallest absolute Gasteiger partial charge is 0.239 e. The lowest BCUT2D eigenvalue weighted by molar-refractivity contribution is -0.133. The highest BCUT2D eigenvalue weighted by molar-refractivity contribution is 5.81. The first kappa shape index (κ1) is 13.5. The van der Waals surface area contributed by atoms with Crippen LogP contribution in [0.15, 0.2) is 0 Å². The van der Waals surface area contributed by atoms with Crippen molar-refractivity contribution in [2.45, 2.75) is 50.7 Å².